The van der Waals surface area contributed by atoms with Gasteiger partial charge in [-0.3, -0.25) is 0 Å². The highest BCUT2D eigenvalue weighted by molar-refractivity contribution is 5.29. The minimum atomic E-state index is 0.637. The molecule has 0 fully saturated rings. The van der Waals surface area contributed by atoms with Crippen molar-refractivity contribution in [2.45, 2.75) is 26.9 Å². The Labute approximate surface area is 103 Å². The molecule has 0 radical (unpaired) electrons. The van der Waals surface area contributed by atoms with Crippen molar-refractivity contribution >= 4 is 0 Å². The summed E-state index contributed by atoms with van der Waals surface area (Å²) in [6.45, 7) is 4.90. The van der Waals surface area contributed by atoms with Crippen LogP contribution in [0.5, 0.6) is 5.75 Å². The van der Waals surface area contributed by atoms with Crippen LogP contribution >= 0.6 is 0 Å². The molecule has 17 heavy (non-hydrogen) atoms. The number of rotatable bonds is 4. The Morgan fingerprint density at radius 3 is 2.29 bits per heavy atom. The van der Waals surface area contributed by atoms with Gasteiger partial charge in [0.1, 0.15) is 12.4 Å². The first-order chi connectivity index (χ1) is 8.29. The first-order valence-corrected chi connectivity index (χ1v) is 6.06. The summed E-state index contributed by atoms with van der Waals surface area (Å²) in [5, 5.41) is 0. The van der Waals surface area contributed by atoms with Crippen LogP contribution in [0.2, 0.25) is 0 Å². The van der Waals surface area contributed by atoms with Gasteiger partial charge in [0.15, 0.2) is 0 Å². The van der Waals surface area contributed by atoms with Gasteiger partial charge in [-0.1, -0.05) is 43.3 Å². The van der Waals surface area contributed by atoms with Crippen molar-refractivity contribution in [3.8, 4) is 5.75 Å². The van der Waals surface area contributed by atoms with E-state index in [-0.39, 0.29) is 0 Å². The maximum atomic E-state index is 5.77. The average Bonchev–Trinajstić information content (AvgIpc) is 2.38. The lowest BCUT2D eigenvalue weighted by molar-refractivity contribution is 0.305. The van der Waals surface area contributed by atoms with Crippen molar-refractivity contribution in [2.24, 2.45) is 0 Å². The van der Waals surface area contributed by atoms with Gasteiger partial charge in [-0.05, 0) is 42.2 Å². The van der Waals surface area contributed by atoms with E-state index in [0.717, 1.165) is 12.2 Å². The summed E-state index contributed by atoms with van der Waals surface area (Å²) in [6, 6.07) is 16.6. The Hall–Kier alpha value is -1.76. The molecule has 0 N–H and O–H groups in total. The highest BCUT2D eigenvalue weighted by Crippen LogP contribution is 2.15. The molecule has 1 nitrogen and oxygen atoms in total. The van der Waals surface area contributed by atoms with Gasteiger partial charge in [-0.25, -0.2) is 0 Å². The minimum Gasteiger partial charge on any atom is -0.489 e. The van der Waals surface area contributed by atoms with Gasteiger partial charge in [-0.2, -0.15) is 0 Å². The van der Waals surface area contributed by atoms with Crippen molar-refractivity contribution in [3.05, 3.63) is 65.2 Å². The molecule has 0 amide bonds. The lowest BCUT2D eigenvalue weighted by atomic mass is 10.1. The molecular weight excluding hydrogens is 208 g/mol. The van der Waals surface area contributed by atoms with E-state index in [9.17, 15) is 0 Å². The molecule has 88 valence electrons. The lowest BCUT2D eigenvalue weighted by Gasteiger charge is -2.08. The van der Waals surface area contributed by atoms with E-state index < -0.39 is 0 Å². The second-order valence-corrected chi connectivity index (χ2v) is 4.21. The molecule has 0 aromatic heterocycles. The third-order valence-corrected chi connectivity index (χ3v) is 2.99. The summed E-state index contributed by atoms with van der Waals surface area (Å²) < 4.78 is 5.77. The molecule has 0 aliphatic rings. The van der Waals surface area contributed by atoms with E-state index in [1.54, 1.807) is 0 Å². The topological polar surface area (TPSA) is 9.23 Å². The SMILES string of the molecule is CCc1ccc(OCc2ccccc2C)cc1. The Balaban J connectivity index is 2.00. The Kier molecular flexibility index (Phi) is 3.81. The maximum Gasteiger partial charge on any atom is 0.119 e. The lowest BCUT2D eigenvalue weighted by Crippen LogP contribution is -1.97. The summed E-state index contributed by atoms with van der Waals surface area (Å²) >= 11 is 0. The molecule has 0 saturated heterocycles. The smallest absolute Gasteiger partial charge is 0.119 e. The number of ether oxygens (including phenoxy) is 1. The van der Waals surface area contributed by atoms with Crippen LogP contribution in [0.25, 0.3) is 0 Å². The summed E-state index contributed by atoms with van der Waals surface area (Å²) in [5.74, 6) is 0.936. The van der Waals surface area contributed by atoms with Crippen LogP contribution in [-0.2, 0) is 13.0 Å². The van der Waals surface area contributed by atoms with Gasteiger partial charge in [-0.15, -0.1) is 0 Å². The fraction of sp³-hybridized carbons (Fsp3) is 0.250. The van der Waals surface area contributed by atoms with Crippen LogP contribution in [0.1, 0.15) is 23.6 Å². The van der Waals surface area contributed by atoms with Gasteiger partial charge in [0, 0.05) is 0 Å². The largest absolute Gasteiger partial charge is 0.489 e. The Bertz CT molecular complexity index is 471. The van der Waals surface area contributed by atoms with Crippen LogP contribution in [0, 0.1) is 6.92 Å². The number of benzene rings is 2. The van der Waals surface area contributed by atoms with E-state index in [1.807, 2.05) is 18.2 Å². The van der Waals surface area contributed by atoms with Crippen molar-refractivity contribution in [1.29, 1.82) is 0 Å². The van der Waals surface area contributed by atoms with Crippen LogP contribution in [0.15, 0.2) is 48.5 Å². The molecule has 0 spiro atoms. The normalized spacial score (nSPS) is 10.2. The molecular formula is C16H18O. The van der Waals surface area contributed by atoms with E-state index in [1.165, 1.54) is 16.7 Å². The highest BCUT2D eigenvalue weighted by Gasteiger charge is 1.98. The van der Waals surface area contributed by atoms with Gasteiger partial charge < -0.3 is 4.74 Å². The predicted molar refractivity (Wildman–Crippen MR) is 71.3 cm³/mol. The van der Waals surface area contributed by atoms with Gasteiger partial charge in [0.25, 0.3) is 0 Å². The molecule has 0 bridgehead atoms. The van der Waals surface area contributed by atoms with E-state index in [4.69, 9.17) is 4.74 Å². The standard InChI is InChI=1S/C16H18O/c1-3-14-8-10-16(11-9-14)17-12-15-7-5-4-6-13(15)2/h4-11H,3,12H2,1-2H3. The van der Waals surface area contributed by atoms with Gasteiger partial charge in [0.05, 0.1) is 0 Å². The first-order valence-electron chi connectivity index (χ1n) is 6.06. The Morgan fingerprint density at radius 2 is 1.65 bits per heavy atom. The van der Waals surface area contributed by atoms with E-state index in [0.29, 0.717) is 6.61 Å². The summed E-state index contributed by atoms with van der Waals surface area (Å²) in [4.78, 5) is 0. The molecule has 0 saturated carbocycles. The van der Waals surface area contributed by atoms with Gasteiger partial charge >= 0.3 is 0 Å². The number of aryl methyl sites for hydroxylation is 2. The summed E-state index contributed by atoms with van der Waals surface area (Å²) in [7, 11) is 0. The molecule has 0 aliphatic heterocycles. The zero-order valence-electron chi connectivity index (χ0n) is 10.4. The van der Waals surface area contributed by atoms with Gasteiger partial charge in [0.2, 0.25) is 0 Å². The first kappa shape index (κ1) is 11.7. The average molecular weight is 226 g/mol. The van der Waals surface area contributed by atoms with Crippen molar-refractivity contribution in [3.63, 3.8) is 0 Å². The molecule has 1 heteroatoms. The number of hydrogen-bond donors (Lipinski definition) is 0. The molecule has 2 aromatic carbocycles. The second kappa shape index (κ2) is 5.53. The number of hydrogen-bond acceptors (Lipinski definition) is 1. The van der Waals surface area contributed by atoms with Crippen molar-refractivity contribution < 1.29 is 4.74 Å². The maximum absolute atomic E-state index is 5.77. The fourth-order valence-electron chi connectivity index (χ4n) is 1.75. The zero-order chi connectivity index (χ0) is 12.1. The van der Waals surface area contributed by atoms with Crippen LogP contribution < -0.4 is 4.74 Å². The monoisotopic (exact) mass is 226 g/mol. The molecule has 0 heterocycles. The molecule has 0 atom stereocenters. The third-order valence-electron chi connectivity index (χ3n) is 2.99. The van der Waals surface area contributed by atoms with Crippen LogP contribution in [-0.4, -0.2) is 0 Å². The Morgan fingerprint density at radius 1 is 0.941 bits per heavy atom. The molecule has 0 unspecified atom stereocenters. The summed E-state index contributed by atoms with van der Waals surface area (Å²) in [6.07, 6.45) is 1.07. The molecule has 2 rings (SSSR count). The molecule has 2 aromatic rings. The fourth-order valence-corrected chi connectivity index (χ4v) is 1.75. The van der Waals surface area contributed by atoms with Crippen LogP contribution in [0.3, 0.4) is 0 Å². The quantitative estimate of drug-likeness (QED) is 0.761. The predicted octanol–water partition coefficient (Wildman–Crippen LogP) is 4.14. The summed E-state index contributed by atoms with van der Waals surface area (Å²) in [5.41, 5.74) is 3.86. The van der Waals surface area contributed by atoms with Crippen molar-refractivity contribution in [1.82, 2.24) is 0 Å². The van der Waals surface area contributed by atoms with Crippen LogP contribution in [0.4, 0.5) is 0 Å². The highest BCUT2D eigenvalue weighted by atomic mass is 16.5. The van der Waals surface area contributed by atoms with E-state index >= 15 is 0 Å². The second-order valence-electron chi connectivity index (χ2n) is 4.21. The third kappa shape index (κ3) is 3.10. The zero-order valence-corrected chi connectivity index (χ0v) is 10.4. The minimum absolute atomic E-state index is 0.637. The van der Waals surface area contributed by atoms with E-state index in [2.05, 4.69) is 44.2 Å². The molecule has 0 aliphatic carbocycles. The van der Waals surface area contributed by atoms with Crippen molar-refractivity contribution in [2.75, 3.05) is 0 Å².